The molecule has 3 heteroatoms. The second-order valence-corrected chi connectivity index (χ2v) is 2.67. The molecule has 0 heterocycles. The van der Waals surface area contributed by atoms with Crippen LogP contribution >= 0.6 is 0 Å². The van der Waals surface area contributed by atoms with Gasteiger partial charge in [0.15, 0.2) is 0 Å². The normalized spacial score (nSPS) is 15.5. The van der Waals surface area contributed by atoms with Crippen LogP contribution in [0.3, 0.4) is 0 Å². The Labute approximate surface area is 66.4 Å². The number of hydrogen-bond acceptors (Lipinski definition) is 2. The monoisotopic (exact) mass is 158 g/mol. The fraction of sp³-hybridized carbons (Fsp3) is 0.625. The Morgan fingerprint density at radius 2 is 2.27 bits per heavy atom. The molecule has 0 bridgehead atoms. The van der Waals surface area contributed by atoms with Gasteiger partial charge in [0.25, 0.3) is 0 Å². The van der Waals surface area contributed by atoms with Crippen LogP contribution in [0.25, 0.3) is 0 Å². The van der Waals surface area contributed by atoms with E-state index in [-0.39, 0.29) is 12.3 Å². The van der Waals surface area contributed by atoms with E-state index in [4.69, 9.17) is 5.11 Å². The summed E-state index contributed by atoms with van der Waals surface area (Å²) in [6.45, 7) is 5.30. The van der Waals surface area contributed by atoms with Gasteiger partial charge in [-0.1, -0.05) is 13.0 Å². The highest BCUT2D eigenvalue weighted by Crippen LogP contribution is 2.11. The lowest BCUT2D eigenvalue weighted by Gasteiger charge is -2.14. The van der Waals surface area contributed by atoms with Crippen molar-refractivity contribution in [2.45, 2.75) is 25.9 Å². The predicted octanol–water partition coefficient (Wildman–Crippen LogP) is 1.03. The first-order valence-electron chi connectivity index (χ1n) is 3.58. The maximum Gasteiger partial charge on any atom is 0.305 e. The van der Waals surface area contributed by atoms with E-state index in [1.807, 2.05) is 0 Å². The highest BCUT2D eigenvalue weighted by Gasteiger charge is 2.15. The fourth-order valence-electron chi connectivity index (χ4n) is 0.800. The molecule has 0 fully saturated rings. The van der Waals surface area contributed by atoms with Crippen LogP contribution in [0.2, 0.25) is 0 Å². The minimum atomic E-state index is -0.964. The molecule has 3 nitrogen and oxygen atoms in total. The lowest BCUT2D eigenvalue weighted by Crippen LogP contribution is -2.20. The number of allylic oxidation sites excluding steroid dienone is 1. The Morgan fingerprint density at radius 3 is 2.64 bits per heavy atom. The molecule has 0 aliphatic rings. The van der Waals surface area contributed by atoms with Gasteiger partial charge in [0.05, 0.1) is 12.5 Å². The third kappa shape index (κ3) is 4.56. The molecule has 0 rings (SSSR count). The maximum atomic E-state index is 10.1. The minimum absolute atomic E-state index is 0.0244. The smallest absolute Gasteiger partial charge is 0.305 e. The predicted molar refractivity (Wildman–Crippen MR) is 42.2 cm³/mol. The SMILES string of the molecule is C=CCC(C)C(O)CC(=O)O. The van der Waals surface area contributed by atoms with Gasteiger partial charge in [-0.25, -0.2) is 0 Å². The van der Waals surface area contributed by atoms with Crippen molar-refractivity contribution < 1.29 is 15.0 Å². The van der Waals surface area contributed by atoms with Gasteiger partial charge in [-0.05, 0) is 12.3 Å². The van der Waals surface area contributed by atoms with Crippen LogP contribution in [-0.2, 0) is 4.79 Å². The summed E-state index contributed by atoms with van der Waals surface area (Å²) in [6.07, 6.45) is 1.38. The topological polar surface area (TPSA) is 57.5 Å². The molecular formula is C8H14O3. The molecule has 0 aromatic heterocycles. The number of carboxylic acids is 1. The van der Waals surface area contributed by atoms with Gasteiger partial charge >= 0.3 is 5.97 Å². The number of rotatable bonds is 5. The Kier molecular flexibility index (Phi) is 4.54. The standard InChI is InChI=1S/C8H14O3/c1-3-4-6(2)7(9)5-8(10)11/h3,6-7,9H,1,4-5H2,2H3,(H,10,11). The molecule has 0 aromatic rings. The van der Waals surface area contributed by atoms with Crippen molar-refractivity contribution in [1.29, 1.82) is 0 Å². The fourth-order valence-corrected chi connectivity index (χ4v) is 0.800. The average molecular weight is 158 g/mol. The van der Waals surface area contributed by atoms with Crippen molar-refractivity contribution in [1.82, 2.24) is 0 Å². The lowest BCUT2D eigenvalue weighted by molar-refractivity contribution is -0.139. The molecule has 0 saturated heterocycles. The minimum Gasteiger partial charge on any atom is -0.481 e. The molecule has 11 heavy (non-hydrogen) atoms. The molecule has 0 spiro atoms. The van der Waals surface area contributed by atoms with E-state index in [0.717, 1.165) is 0 Å². The van der Waals surface area contributed by atoms with E-state index in [9.17, 15) is 9.90 Å². The maximum absolute atomic E-state index is 10.1. The van der Waals surface area contributed by atoms with Crippen molar-refractivity contribution in [2.24, 2.45) is 5.92 Å². The summed E-state index contributed by atoms with van der Waals surface area (Å²) in [7, 11) is 0. The first-order chi connectivity index (χ1) is 5.07. The average Bonchev–Trinajstić information content (AvgIpc) is 1.86. The van der Waals surface area contributed by atoms with E-state index in [0.29, 0.717) is 6.42 Å². The van der Waals surface area contributed by atoms with Crippen molar-refractivity contribution >= 4 is 5.97 Å². The van der Waals surface area contributed by atoms with Gasteiger partial charge in [-0.3, -0.25) is 4.79 Å². The molecule has 0 aliphatic heterocycles. The number of aliphatic carboxylic acids is 1. The van der Waals surface area contributed by atoms with Crippen molar-refractivity contribution in [3.8, 4) is 0 Å². The van der Waals surface area contributed by atoms with Crippen LogP contribution in [0.1, 0.15) is 19.8 Å². The largest absolute Gasteiger partial charge is 0.481 e. The van der Waals surface area contributed by atoms with Crippen LogP contribution in [0.4, 0.5) is 0 Å². The second kappa shape index (κ2) is 4.91. The van der Waals surface area contributed by atoms with Gasteiger partial charge < -0.3 is 10.2 Å². The molecule has 0 saturated carbocycles. The summed E-state index contributed by atoms with van der Waals surface area (Å²) in [5.41, 5.74) is 0. The number of aliphatic hydroxyl groups is 1. The quantitative estimate of drug-likeness (QED) is 0.587. The zero-order valence-corrected chi connectivity index (χ0v) is 6.66. The number of carboxylic acid groups (broad SMARTS) is 1. The zero-order valence-electron chi connectivity index (χ0n) is 6.66. The van der Waals surface area contributed by atoms with E-state index in [2.05, 4.69) is 6.58 Å². The summed E-state index contributed by atoms with van der Waals surface area (Å²) in [6, 6.07) is 0. The van der Waals surface area contributed by atoms with Crippen LogP contribution in [0.5, 0.6) is 0 Å². The van der Waals surface area contributed by atoms with Crippen molar-refractivity contribution in [3.63, 3.8) is 0 Å². The summed E-state index contributed by atoms with van der Waals surface area (Å²) in [5.74, 6) is -0.989. The molecule has 2 atom stereocenters. The van der Waals surface area contributed by atoms with E-state index in [1.165, 1.54) is 0 Å². The molecule has 0 aliphatic carbocycles. The van der Waals surface area contributed by atoms with Crippen LogP contribution in [0, 0.1) is 5.92 Å². The van der Waals surface area contributed by atoms with Crippen LogP contribution in [0.15, 0.2) is 12.7 Å². The zero-order chi connectivity index (χ0) is 8.85. The number of aliphatic hydroxyl groups excluding tert-OH is 1. The van der Waals surface area contributed by atoms with E-state index >= 15 is 0 Å². The van der Waals surface area contributed by atoms with Gasteiger partial charge in [0, 0.05) is 0 Å². The van der Waals surface area contributed by atoms with Crippen molar-refractivity contribution in [2.75, 3.05) is 0 Å². The Balaban J connectivity index is 3.71. The van der Waals surface area contributed by atoms with Gasteiger partial charge in [-0.15, -0.1) is 6.58 Å². The van der Waals surface area contributed by atoms with Crippen LogP contribution < -0.4 is 0 Å². The second-order valence-electron chi connectivity index (χ2n) is 2.67. The molecule has 2 unspecified atom stereocenters. The van der Waals surface area contributed by atoms with Crippen molar-refractivity contribution in [3.05, 3.63) is 12.7 Å². The summed E-state index contributed by atoms with van der Waals surface area (Å²) < 4.78 is 0. The summed E-state index contributed by atoms with van der Waals surface area (Å²) in [4.78, 5) is 10.1. The summed E-state index contributed by atoms with van der Waals surface area (Å²) in [5, 5.41) is 17.5. The highest BCUT2D eigenvalue weighted by atomic mass is 16.4. The third-order valence-corrected chi connectivity index (χ3v) is 1.58. The number of carbonyl (C=O) groups is 1. The molecule has 0 aromatic carbocycles. The first-order valence-corrected chi connectivity index (χ1v) is 3.58. The molecular weight excluding hydrogens is 144 g/mol. The molecule has 64 valence electrons. The number of hydrogen-bond donors (Lipinski definition) is 2. The van der Waals surface area contributed by atoms with Gasteiger partial charge in [0.1, 0.15) is 0 Å². The van der Waals surface area contributed by atoms with Gasteiger partial charge in [-0.2, -0.15) is 0 Å². The summed E-state index contributed by atoms with van der Waals surface area (Å²) >= 11 is 0. The highest BCUT2D eigenvalue weighted by molar-refractivity contribution is 5.67. The Bertz CT molecular complexity index is 142. The van der Waals surface area contributed by atoms with E-state index in [1.54, 1.807) is 13.0 Å². The lowest BCUT2D eigenvalue weighted by atomic mass is 9.99. The molecule has 0 radical (unpaired) electrons. The Hall–Kier alpha value is -0.830. The Morgan fingerprint density at radius 1 is 1.73 bits per heavy atom. The first kappa shape index (κ1) is 10.2. The molecule has 0 amide bonds. The third-order valence-electron chi connectivity index (χ3n) is 1.58. The molecule has 2 N–H and O–H groups in total. The van der Waals surface area contributed by atoms with Crippen LogP contribution in [-0.4, -0.2) is 22.3 Å². The van der Waals surface area contributed by atoms with E-state index < -0.39 is 12.1 Å². The van der Waals surface area contributed by atoms with Gasteiger partial charge in [0.2, 0.25) is 0 Å².